The highest BCUT2D eigenvalue weighted by Gasteiger charge is 2.44. The Morgan fingerprint density at radius 3 is 1.96 bits per heavy atom. The molecule has 272 valence electrons. The summed E-state index contributed by atoms with van der Waals surface area (Å²) in [7, 11) is 5.01. The van der Waals surface area contributed by atoms with Gasteiger partial charge >= 0.3 is 0 Å². The third-order valence-electron chi connectivity index (χ3n) is 11.5. The van der Waals surface area contributed by atoms with Crippen molar-refractivity contribution in [3.63, 3.8) is 0 Å². The number of rotatable bonds is 7. The number of ether oxygens (including phenoxy) is 5. The molecule has 6 aromatic rings. The van der Waals surface area contributed by atoms with Crippen LogP contribution < -0.4 is 23.8 Å². The van der Waals surface area contributed by atoms with E-state index in [1.54, 1.807) is 21.3 Å². The summed E-state index contributed by atoms with van der Waals surface area (Å²) in [5.74, 6) is 2.57. The van der Waals surface area contributed by atoms with E-state index in [9.17, 15) is 4.39 Å². The summed E-state index contributed by atoms with van der Waals surface area (Å²) in [6.45, 7) is 7.72. The molecular formula is C47H42FNO5. The maximum atomic E-state index is 13.9. The lowest BCUT2D eigenvalue weighted by atomic mass is 9.76. The molecule has 2 aliphatic heterocycles. The highest BCUT2D eigenvalue weighted by Crippen LogP contribution is 2.59. The lowest BCUT2D eigenvalue weighted by molar-refractivity contribution is 0.122. The van der Waals surface area contributed by atoms with Crippen molar-refractivity contribution < 1.29 is 28.1 Å². The van der Waals surface area contributed by atoms with Crippen LogP contribution in [0.1, 0.15) is 41.7 Å². The van der Waals surface area contributed by atoms with E-state index in [0.29, 0.717) is 11.5 Å². The minimum Gasteiger partial charge on any atom is -0.497 e. The summed E-state index contributed by atoms with van der Waals surface area (Å²) in [5.41, 5.74) is 9.51. The van der Waals surface area contributed by atoms with Gasteiger partial charge in [0.2, 0.25) is 0 Å². The standard InChI is InChI=1S/C47H42FNO5/c1-46(2)40-26-30(29-6-13-33(48)14-7-29)8-19-36(40)43-38-27-41(51-4)42(52-5)28-39(38)45-37(44(43)46)20-21-47(54-45,32-11-17-35(50-3)18-12-32)31-9-15-34(16-10-31)49-22-24-53-25-23-49/h6-21,26-28H,22-25H2,1-5H3. The predicted octanol–water partition coefficient (Wildman–Crippen LogP) is 10.2. The first kappa shape index (κ1) is 34.0. The Balaban J connectivity index is 1.27. The van der Waals surface area contributed by atoms with Crippen molar-refractivity contribution in [3.8, 4) is 45.3 Å². The second kappa shape index (κ2) is 13.0. The van der Waals surface area contributed by atoms with Crippen LogP contribution in [0.15, 0.2) is 109 Å². The molecule has 1 atom stereocenters. The van der Waals surface area contributed by atoms with Crippen molar-refractivity contribution in [1.82, 2.24) is 0 Å². The van der Waals surface area contributed by atoms with Crippen LogP contribution in [-0.4, -0.2) is 47.6 Å². The van der Waals surface area contributed by atoms with Gasteiger partial charge in [0, 0.05) is 46.3 Å². The molecule has 0 aromatic heterocycles. The van der Waals surface area contributed by atoms with Crippen LogP contribution in [-0.2, 0) is 15.8 Å². The molecule has 1 unspecified atom stereocenters. The Morgan fingerprint density at radius 1 is 0.685 bits per heavy atom. The van der Waals surface area contributed by atoms with Crippen LogP contribution in [0.4, 0.5) is 10.1 Å². The fraction of sp³-hybridized carbons (Fsp3) is 0.234. The number of nitrogens with zero attached hydrogens (tertiary/aromatic N) is 1. The van der Waals surface area contributed by atoms with Crippen LogP contribution in [0.25, 0.3) is 39.1 Å². The monoisotopic (exact) mass is 719 g/mol. The van der Waals surface area contributed by atoms with Gasteiger partial charge < -0.3 is 28.6 Å². The third-order valence-corrected chi connectivity index (χ3v) is 11.5. The second-order valence-corrected chi connectivity index (χ2v) is 14.7. The van der Waals surface area contributed by atoms with E-state index in [1.807, 2.05) is 30.3 Å². The zero-order valence-electron chi connectivity index (χ0n) is 31.2. The molecular weight excluding hydrogens is 678 g/mol. The van der Waals surface area contributed by atoms with Crippen molar-refractivity contribution in [1.29, 1.82) is 0 Å². The van der Waals surface area contributed by atoms with Crippen molar-refractivity contribution in [2.75, 3.05) is 52.5 Å². The molecule has 0 saturated carbocycles. The molecule has 6 nitrogen and oxygen atoms in total. The van der Waals surface area contributed by atoms with Crippen LogP contribution in [0.2, 0.25) is 0 Å². The summed E-state index contributed by atoms with van der Waals surface area (Å²) in [6, 6.07) is 34.3. The first-order valence-corrected chi connectivity index (χ1v) is 18.4. The molecule has 54 heavy (non-hydrogen) atoms. The van der Waals surface area contributed by atoms with Crippen molar-refractivity contribution in [2.45, 2.75) is 24.9 Å². The van der Waals surface area contributed by atoms with E-state index in [-0.39, 0.29) is 5.82 Å². The van der Waals surface area contributed by atoms with E-state index in [2.05, 4.69) is 91.6 Å². The number of hydrogen-bond acceptors (Lipinski definition) is 6. The highest BCUT2D eigenvalue weighted by molar-refractivity contribution is 6.10. The van der Waals surface area contributed by atoms with E-state index < -0.39 is 11.0 Å². The topological polar surface area (TPSA) is 49.4 Å². The van der Waals surface area contributed by atoms with Crippen LogP contribution in [0.5, 0.6) is 23.0 Å². The van der Waals surface area contributed by atoms with Gasteiger partial charge in [0.15, 0.2) is 17.1 Å². The Bertz CT molecular complexity index is 2430. The first-order valence-electron chi connectivity index (χ1n) is 18.4. The largest absolute Gasteiger partial charge is 0.497 e. The van der Waals surface area contributed by atoms with Gasteiger partial charge in [-0.2, -0.15) is 0 Å². The number of hydrogen-bond donors (Lipinski definition) is 0. The molecule has 0 spiro atoms. The highest BCUT2D eigenvalue weighted by atomic mass is 19.1. The molecule has 1 saturated heterocycles. The van der Waals surface area contributed by atoms with E-state index in [1.165, 1.54) is 23.3 Å². The Hall–Kier alpha value is -5.79. The molecule has 0 N–H and O–H groups in total. The van der Waals surface area contributed by atoms with Gasteiger partial charge in [-0.1, -0.05) is 68.5 Å². The van der Waals surface area contributed by atoms with E-state index in [4.69, 9.17) is 23.7 Å². The molecule has 1 aliphatic carbocycles. The molecule has 0 radical (unpaired) electrons. The lowest BCUT2D eigenvalue weighted by Gasteiger charge is -2.39. The predicted molar refractivity (Wildman–Crippen MR) is 213 cm³/mol. The Morgan fingerprint density at radius 2 is 1.31 bits per heavy atom. The first-order chi connectivity index (χ1) is 26.2. The summed E-state index contributed by atoms with van der Waals surface area (Å²) >= 11 is 0. The smallest absolute Gasteiger partial charge is 0.178 e. The minimum atomic E-state index is -0.956. The summed E-state index contributed by atoms with van der Waals surface area (Å²) in [5, 5.41) is 1.95. The van der Waals surface area contributed by atoms with E-state index in [0.717, 1.165) is 93.2 Å². The van der Waals surface area contributed by atoms with Crippen molar-refractivity contribution in [3.05, 3.63) is 143 Å². The fourth-order valence-electron chi connectivity index (χ4n) is 8.69. The molecule has 6 aromatic carbocycles. The van der Waals surface area contributed by atoms with Gasteiger partial charge in [-0.15, -0.1) is 0 Å². The van der Waals surface area contributed by atoms with Gasteiger partial charge in [-0.25, -0.2) is 4.39 Å². The average Bonchev–Trinajstić information content (AvgIpc) is 3.46. The van der Waals surface area contributed by atoms with Crippen LogP contribution >= 0.6 is 0 Å². The molecule has 9 rings (SSSR count). The molecule has 2 heterocycles. The summed E-state index contributed by atoms with van der Waals surface area (Å²) < 4.78 is 44.5. The summed E-state index contributed by atoms with van der Waals surface area (Å²) in [4.78, 5) is 2.36. The van der Waals surface area contributed by atoms with Gasteiger partial charge in [-0.3, -0.25) is 0 Å². The number of fused-ring (bicyclic) bond motifs is 8. The lowest BCUT2D eigenvalue weighted by Crippen LogP contribution is -2.37. The van der Waals surface area contributed by atoms with E-state index >= 15 is 0 Å². The Labute approximate surface area is 315 Å². The quantitative estimate of drug-likeness (QED) is 0.164. The molecule has 0 amide bonds. The van der Waals surface area contributed by atoms with Crippen molar-refractivity contribution in [2.24, 2.45) is 0 Å². The van der Waals surface area contributed by atoms with Crippen LogP contribution in [0.3, 0.4) is 0 Å². The van der Waals surface area contributed by atoms with Gasteiger partial charge in [0.05, 0.1) is 34.5 Å². The number of morpholine rings is 1. The normalized spacial score (nSPS) is 18.1. The van der Waals surface area contributed by atoms with Gasteiger partial charge in [0.1, 0.15) is 17.3 Å². The number of halogens is 1. The molecule has 0 bridgehead atoms. The maximum Gasteiger partial charge on any atom is 0.178 e. The maximum absolute atomic E-state index is 13.9. The average molecular weight is 720 g/mol. The minimum absolute atomic E-state index is 0.249. The number of anilines is 1. The third kappa shape index (κ3) is 5.24. The fourth-order valence-corrected chi connectivity index (χ4v) is 8.69. The molecule has 1 fully saturated rings. The Kier molecular flexibility index (Phi) is 8.16. The molecule has 7 heteroatoms. The van der Waals surface area contributed by atoms with Gasteiger partial charge in [-0.05, 0) is 99.4 Å². The summed E-state index contributed by atoms with van der Waals surface area (Å²) in [6.07, 6.45) is 4.46. The zero-order valence-corrected chi connectivity index (χ0v) is 31.2. The second-order valence-electron chi connectivity index (χ2n) is 14.7. The number of benzene rings is 6. The SMILES string of the molecule is COc1ccc(C2(c3ccc(N4CCOCC4)cc3)C=Cc3c4c(c5cc(OC)c(OC)cc5c3O2)-c2ccc(-c3ccc(F)cc3)cc2C4(C)C)cc1. The zero-order chi connectivity index (χ0) is 37.2. The van der Waals surface area contributed by atoms with Gasteiger partial charge in [0.25, 0.3) is 0 Å². The van der Waals surface area contributed by atoms with Crippen LogP contribution in [0, 0.1) is 5.82 Å². The van der Waals surface area contributed by atoms with Crippen molar-refractivity contribution >= 4 is 22.5 Å². The number of methoxy groups -OCH3 is 3. The molecule has 3 aliphatic rings.